The van der Waals surface area contributed by atoms with Gasteiger partial charge in [-0.15, -0.1) is 0 Å². The van der Waals surface area contributed by atoms with E-state index in [9.17, 15) is 9.50 Å². The molecule has 0 spiro atoms. The van der Waals surface area contributed by atoms with Gasteiger partial charge in [0.1, 0.15) is 11.6 Å². The Morgan fingerprint density at radius 3 is 2.60 bits per heavy atom. The second-order valence-corrected chi connectivity index (χ2v) is 5.20. The van der Waals surface area contributed by atoms with Crippen LogP contribution in [0.1, 0.15) is 17.2 Å². The summed E-state index contributed by atoms with van der Waals surface area (Å²) in [6.07, 6.45) is -0.561. The van der Waals surface area contributed by atoms with Gasteiger partial charge >= 0.3 is 0 Å². The van der Waals surface area contributed by atoms with Crippen molar-refractivity contribution in [2.45, 2.75) is 12.5 Å². The van der Waals surface area contributed by atoms with Crippen molar-refractivity contribution in [3.8, 4) is 5.75 Å². The van der Waals surface area contributed by atoms with Crippen molar-refractivity contribution < 1.29 is 14.2 Å². The number of methoxy groups -OCH3 is 1. The zero-order valence-corrected chi connectivity index (χ0v) is 12.2. The zero-order valence-electron chi connectivity index (χ0n) is 10.7. The molecule has 0 aliphatic carbocycles. The Kier molecular flexibility index (Phi) is 4.86. The Balaban J connectivity index is 2.23. The number of halogens is 3. The van der Waals surface area contributed by atoms with E-state index < -0.39 is 11.9 Å². The predicted molar refractivity (Wildman–Crippen MR) is 78.1 cm³/mol. The second-order valence-electron chi connectivity index (χ2n) is 4.35. The van der Waals surface area contributed by atoms with Gasteiger partial charge in [-0.05, 0) is 29.8 Å². The molecule has 0 amide bonds. The summed E-state index contributed by atoms with van der Waals surface area (Å²) in [5, 5.41) is 10.8. The van der Waals surface area contributed by atoms with Crippen molar-refractivity contribution in [1.29, 1.82) is 0 Å². The SMILES string of the molecule is COc1cc(Cl)ccc1C(O)Cc1ccc(Cl)c(F)c1. The molecule has 2 aromatic carbocycles. The highest BCUT2D eigenvalue weighted by Gasteiger charge is 2.15. The lowest BCUT2D eigenvalue weighted by Crippen LogP contribution is -2.04. The minimum Gasteiger partial charge on any atom is -0.496 e. The van der Waals surface area contributed by atoms with Gasteiger partial charge in [-0.1, -0.05) is 35.3 Å². The maximum absolute atomic E-state index is 13.4. The van der Waals surface area contributed by atoms with Gasteiger partial charge in [0, 0.05) is 17.0 Å². The molecule has 0 bridgehead atoms. The topological polar surface area (TPSA) is 29.5 Å². The molecule has 0 radical (unpaired) electrons. The van der Waals surface area contributed by atoms with Crippen molar-refractivity contribution in [3.05, 3.63) is 63.4 Å². The molecule has 0 heterocycles. The third-order valence-corrected chi connectivity index (χ3v) is 3.51. The lowest BCUT2D eigenvalue weighted by molar-refractivity contribution is 0.174. The minimum absolute atomic E-state index is 0.0623. The van der Waals surface area contributed by atoms with Crippen LogP contribution in [0.25, 0.3) is 0 Å². The first-order valence-corrected chi connectivity index (χ1v) is 6.72. The molecule has 106 valence electrons. The minimum atomic E-state index is -0.817. The highest BCUT2D eigenvalue weighted by molar-refractivity contribution is 6.31. The summed E-state index contributed by atoms with van der Waals surface area (Å²) in [5.74, 6) is -0.00104. The quantitative estimate of drug-likeness (QED) is 0.905. The molecule has 0 aliphatic rings. The molecule has 1 N–H and O–H groups in total. The number of ether oxygens (including phenoxy) is 1. The van der Waals surface area contributed by atoms with Crippen LogP contribution in [0, 0.1) is 5.82 Å². The normalized spacial score (nSPS) is 12.2. The molecule has 0 aromatic heterocycles. The Hall–Kier alpha value is -1.29. The average molecular weight is 315 g/mol. The summed E-state index contributed by atoms with van der Waals surface area (Å²) in [6, 6.07) is 9.45. The lowest BCUT2D eigenvalue weighted by atomic mass is 10.0. The Morgan fingerprint density at radius 2 is 1.95 bits per heavy atom. The van der Waals surface area contributed by atoms with Crippen LogP contribution in [0.5, 0.6) is 5.75 Å². The summed E-state index contributed by atoms with van der Waals surface area (Å²) in [6.45, 7) is 0. The van der Waals surface area contributed by atoms with Gasteiger partial charge < -0.3 is 9.84 Å². The fourth-order valence-electron chi connectivity index (χ4n) is 1.96. The molecule has 0 saturated carbocycles. The molecule has 20 heavy (non-hydrogen) atoms. The summed E-state index contributed by atoms with van der Waals surface area (Å²) < 4.78 is 18.6. The van der Waals surface area contributed by atoms with Crippen LogP contribution in [0.3, 0.4) is 0 Å². The molecule has 5 heteroatoms. The van der Waals surface area contributed by atoms with E-state index in [0.29, 0.717) is 21.9 Å². The predicted octanol–water partition coefficient (Wildman–Crippen LogP) is 4.42. The van der Waals surface area contributed by atoms with E-state index in [2.05, 4.69) is 0 Å². The Morgan fingerprint density at radius 1 is 1.20 bits per heavy atom. The summed E-state index contributed by atoms with van der Waals surface area (Å²) >= 11 is 11.5. The van der Waals surface area contributed by atoms with E-state index in [1.54, 1.807) is 24.3 Å². The van der Waals surface area contributed by atoms with Gasteiger partial charge in [0.15, 0.2) is 0 Å². The van der Waals surface area contributed by atoms with Crippen molar-refractivity contribution in [1.82, 2.24) is 0 Å². The average Bonchev–Trinajstić information content (AvgIpc) is 2.42. The number of aliphatic hydroxyl groups is 1. The monoisotopic (exact) mass is 314 g/mol. The zero-order chi connectivity index (χ0) is 14.7. The van der Waals surface area contributed by atoms with Crippen molar-refractivity contribution in [2.24, 2.45) is 0 Å². The summed E-state index contributed by atoms with van der Waals surface area (Å²) in [4.78, 5) is 0. The van der Waals surface area contributed by atoms with E-state index in [0.717, 1.165) is 0 Å². The van der Waals surface area contributed by atoms with Gasteiger partial charge in [-0.3, -0.25) is 0 Å². The molecule has 2 rings (SSSR count). The molecular weight excluding hydrogens is 302 g/mol. The van der Waals surface area contributed by atoms with Crippen LogP contribution in [0.15, 0.2) is 36.4 Å². The van der Waals surface area contributed by atoms with Gasteiger partial charge in [0.25, 0.3) is 0 Å². The first-order valence-electron chi connectivity index (χ1n) is 5.96. The van der Waals surface area contributed by atoms with Crippen LogP contribution < -0.4 is 4.74 Å². The number of hydrogen-bond acceptors (Lipinski definition) is 2. The van der Waals surface area contributed by atoms with Crippen LogP contribution in [-0.2, 0) is 6.42 Å². The maximum atomic E-state index is 13.4. The van der Waals surface area contributed by atoms with Gasteiger partial charge in [0.2, 0.25) is 0 Å². The van der Waals surface area contributed by atoms with Gasteiger partial charge in [-0.25, -0.2) is 4.39 Å². The molecule has 2 nitrogen and oxygen atoms in total. The molecular formula is C15H13Cl2FO2. The van der Waals surface area contributed by atoms with Crippen molar-refractivity contribution in [3.63, 3.8) is 0 Å². The molecule has 0 aliphatic heterocycles. The highest BCUT2D eigenvalue weighted by Crippen LogP contribution is 2.30. The van der Waals surface area contributed by atoms with E-state index in [1.807, 2.05) is 0 Å². The van der Waals surface area contributed by atoms with E-state index >= 15 is 0 Å². The van der Waals surface area contributed by atoms with Crippen molar-refractivity contribution in [2.75, 3.05) is 7.11 Å². The Bertz CT molecular complexity index is 617. The smallest absolute Gasteiger partial charge is 0.142 e. The number of rotatable bonds is 4. The molecule has 1 atom stereocenters. The van der Waals surface area contributed by atoms with Crippen LogP contribution in [-0.4, -0.2) is 12.2 Å². The molecule has 0 fully saturated rings. The third kappa shape index (κ3) is 3.42. The van der Waals surface area contributed by atoms with E-state index in [-0.39, 0.29) is 11.4 Å². The first kappa shape index (κ1) is 15.1. The third-order valence-electron chi connectivity index (χ3n) is 2.97. The fraction of sp³-hybridized carbons (Fsp3) is 0.200. The largest absolute Gasteiger partial charge is 0.496 e. The maximum Gasteiger partial charge on any atom is 0.142 e. The fourth-order valence-corrected chi connectivity index (χ4v) is 2.24. The van der Waals surface area contributed by atoms with Crippen LogP contribution in [0.2, 0.25) is 10.0 Å². The molecule has 0 saturated heterocycles. The van der Waals surface area contributed by atoms with Gasteiger partial charge in [-0.2, -0.15) is 0 Å². The first-order chi connectivity index (χ1) is 9.51. The highest BCUT2D eigenvalue weighted by atomic mass is 35.5. The van der Waals surface area contributed by atoms with Crippen molar-refractivity contribution >= 4 is 23.2 Å². The molecule has 2 aromatic rings. The Labute approximate surface area is 126 Å². The van der Waals surface area contributed by atoms with Crippen LogP contribution >= 0.6 is 23.2 Å². The number of aliphatic hydroxyl groups excluding tert-OH is 1. The number of benzene rings is 2. The number of hydrogen-bond donors (Lipinski definition) is 1. The second kappa shape index (κ2) is 6.44. The van der Waals surface area contributed by atoms with Crippen LogP contribution in [0.4, 0.5) is 4.39 Å². The van der Waals surface area contributed by atoms with Gasteiger partial charge in [0.05, 0.1) is 18.2 Å². The molecule has 1 unspecified atom stereocenters. The van der Waals surface area contributed by atoms with E-state index in [1.165, 1.54) is 19.2 Å². The standard InChI is InChI=1S/C15H13Cl2FO2/c1-20-15-8-10(16)3-4-11(15)14(19)7-9-2-5-12(17)13(18)6-9/h2-6,8,14,19H,7H2,1H3. The summed E-state index contributed by atoms with van der Waals surface area (Å²) in [5.41, 5.74) is 1.25. The lowest BCUT2D eigenvalue weighted by Gasteiger charge is -2.15. The van der Waals surface area contributed by atoms with E-state index in [4.69, 9.17) is 27.9 Å². The summed E-state index contributed by atoms with van der Waals surface area (Å²) in [7, 11) is 1.50.